The lowest BCUT2D eigenvalue weighted by Crippen LogP contribution is -2.36. The van der Waals surface area contributed by atoms with Crippen LogP contribution in [0.2, 0.25) is 0 Å². The van der Waals surface area contributed by atoms with Gasteiger partial charge in [0.05, 0.1) is 6.54 Å². The number of guanidine groups is 1. The van der Waals surface area contributed by atoms with Gasteiger partial charge in [-0.1, -0.05) is 12.1 Å². The smallest absolute Gasteiger partial charge is 0.191 e. The predicted octanol–water partition coefficient (Wildman–Crippen LogP) is 2.85. The number of benzene rings is 1. The molecule has 4 nitrogen and oxygen atoms in total. The average Bonchev–Trinajstić information content (AvgIpc) is 3.27. The van der Waals surface area contributed by atoms with E-state index in [1.165, 1.54) is 24.1 Å². The van der Waals surface area contributed by atoms with Crippen LogP contribution >= 0.6 is 24.0 Å². The van der Waals surface area contributed by atoms with Crippen molar-refractivity contribution in [3.8, 4) is 0 Å². The summed E-state index contributed by atoms with van der Waals surface area (Å²) in [6, 6.07) is 9.22. The van der Waals surface area contributed by atoms with Crippen LogP contribution in [0.1, 0.15) is 25.3 Å². The van der Waals surface area contributed by atoms with Crippen LogP contribution < -0.4 is 10.6 Å². The van der Waals surface area contributed by atoms with Crippen molar-refractivity contribution in [3.05, 3.63) is 29.8 Å². The molecule has 0 heterocycles. The quantitative estimate of drug-likeness (QED) is 0.452. The Balaban J connectivity index is 0.00000220. The Morgan fingerprint density at radius 3 is 2.67 bits per heavy atom. The molecule has 0 atom stereocenters. The van der Waals surface area contributed by atoms with Crippen LogP contribution in [0, 0.1) is 6.92 Å². The molecule has 2 rings (SSSR count). The molecule has 0 saturated heterocycles. The normalized spacial score (nSPS) is 14.5. The highest BCUT2D eigenvalue weighted by molar-refractivity contribution is 14.0. The van der Waals surface area contributed by atoms with Crippen molar-refractivity contribution in [1.82, 2.24) is 4.90 Å². The third kappa shape index (κ3) is 5.37. The van der Waals surface area contributed by atoms with Gasteiger partial charge >= 0.3 is 0 Å². The van der Waals surface area contributed by atoms with E-state index in [1.54, 1.807) is 0 Å². The second-order valence-electron chi connectivity index (χ2n) is 5.50. The predicted molar refractivity (Wildman–Crippen MR) is 102 cm³/mol. The molecule has 1 aromatic carbocycles. The van der Waals surface area contributed by atoms with Crippen molar-refractivity contribution in [2.24, 2.45) is 10.7 Å². The highest BCUT2D eigenvalue weighted by Crippen LogP contribution is 2.24. The molecular formula is C16H27IN4. The second-order valence-corrected chi connectivity index (χ2v) is 5.50. The van der Waals surface area contributed by atoms with Gasteiger partial charge in [0.2, 0.25) is 0 Å². The Hall–Kier alpha value is -0.980. The fourth-order valence-electron chi connectivity index (χ4n) is 2.34. The lowest BCUT2D eigenvalue weighted by molar-refractivity contribution is 0.487. The summed E-state index contributed by atoms with van der Waals surface area (Å²) in [7, 11) is 2.04. The SMILES string of the molecule is CCN(CCN=C(N)N(C)C1CC1)c1cccc(C)c1.I. The van der Waals surface area contributed by atoms with Gasteiger partial charge in [-0.15, -0.1) is 24.0 Å². The van der Waals surface area contributed by atoms with Crippen molar-refractivity contribution in [3.63, 3.8) is 0 Å². The standard InChI is InChI=1S/C16H26N4.HI/c1-4-20(15-7-5-6-13(2)12-15)11-10-18-16(17)19(3)14-8-9-14;/h5-7,12,14H,4,8-11H2,1-3H3,(H2,17,18);1H. The summed E-state index contributed by atoms with van der Waals surface area (Å²) in [6.07, 6.45) is 2.49. The monoisotopic (exact) mass is 402 g/mol. The summed E-state index contributed by atoms with van der Waals surface area (Å²) < 4.78 is 0. The Morgan fingerprint density at radius 2 is 2.10 bits per heavy atom. The molecule has 0 amide bonds. The fraction of sp³-hybridized carbons (Fsp3) is 0.562. The maximum absolute atomic E-state index is 6.01. The average molecular weight is 402 g/mol. The highest BCUT2D eigenvalue weighted by Gasteiger charge is 2.27. The molecule has 2 N–H and O–H groups in total. The van der Waals surface area contributed by atoms with Gasteiger partial charge in [0.1, 0.15) is 0 Å². The summed E-state index contributed by atoms with van der Waals surface area (Å²) in [5.41, 5.74) is 8.56. The number of aliphatic imine (C=N–C) groups is 1. The first-order chi connectivity index (χ1) is 9.61. The lowest BCUT2D eigenvalue weighted by Gasteiger charge is -2.23. The van der Waals surface area contributed by atoms with Crippen LogP contribution in [-0.4, -0.2) is 43.6 Å². The number of hydrogen-bond acceptors (Lipinski definition) is 2. The van der Waals surface area contributed by atoms with Crippen molar-refractivity contribution < 1.29 is 0 Å². The van der Waals surface area contributed by atoms with Gasteiger partial charge in [0, 0.05) is 31.9 Å². The zero-order valence-corrected chi connectivity index (χ0v) is 15.6. The Labute approximate surface area is 145 Å². The molecule has 0 aromatic heterocycles. The number of nitrogens with zero attached hydrogens (tertiary/aromatic N) is 3. The van der Waals surface area contributed by atoms with Crippen molar-refractivity contribution >= 4 is 35.6 Å². The van der Waals surface area contributed by atoms with Gasteiger partial charge in [-0.05, 0) is 44.4 Å². The maximum atomic E-state index is 6.01. The molecule has 0 bridgehead atoms. The number of likely N-dealkylation sites (N-methyl/N-ethyl adjacent to an activating group) is 1. The van der Waals surface area contributed by atoms with Gasteiger partial charge in [0.25, 0.3) is 0 Å². The van der Waals surface area contributed by atoms with Crippen LogP contribution in [0.5, 0.6) is 0 Å². The van der Waals surface area contributed by atoms with Gasteiger partial charge < -0.3 is 15.5 Å². The van der Waals surface area contributed by atoms with Gasteiger partial charge in [-0.2, -0.15) is 0 Å². The van der Waals surface area contributed by atoms with Gasteiger partial charge in [-0.3, -0.25) is 4.99 Å². The molecule has 1 fully saturated rings. The summed E-state index contributed by atoms with van der Waals surface area (Å²) in [4.78, 5) is 8.93. The molecule has 0 radical (unpaired) electrons. The summed E-state index contributed by atoms with van der Waals surface area (Å²) >= 11 is 0. The van der Waals surface area contributed by atoms with Crippen LogP contribution in [0.3, 0.4) is 0 Å². The Kier molecular flexibility index (Phi) is 7.28. The maximum Gasteiger partial charge on any atom is 0.191 e. The van der Waals surface area contributed by atoms with Crippen molar-refractivity contribution in [2.75, 3.05) is 31.6 Å². The minimum atomic E-state index is 0. The molecule has 21 heavy (non-hydrogen) atoms. The molecule has 5 heteroatoms. The number of aryl methyl sites for hydroxylation is 1. The zero-order chi connectivity index (χ0) is 14.5. The first-order valence-corrected chi connectivity index (χ1v) is 7.46. The number of nitrogens with two attached hydrogens (primary N) is 1. The first-order valence-electron chi connectivity index (χ1n) is 7.46. The molecular weight excluding hydrogens is 375 g/mol. The van der Waals surface area contributed by atoms with Crippen LogP contribution in [0.25, 0.3) is 0 Å². The van der Waals surface area contributed by atoms with E-state index in [9.17, 15) is 0 Å². The van der Waals surface area contributed by atoms with Gasteiger partial charge in [-0.25, -0.2) is 0 Å². The summed E-state index contributed by atoms with van der Waals surface area (Å²) in [5, 5.41) is 0. The third-order valence-corrected chi connectivity index (χ3v) is 3.85. The van der Waals surface area contributed by atoms with Crippen molar-refractivity contribution in [1.29, 1.82) is 0 Å². The molecule has 0 aliphatic heterocycles. The molecule has 0 unspecified atom stereocenters. The van der Waals surface area contributed by atoms with Crippen molar-refractivity contribution in [2.45, 2.75) is 32.7 Å². The number of rotatable bonds is 6. The summed E-state index contributed by atoms with van der Waals surface area (Å²) in [5.74, 6) is 0.674. The first kappa shape index (κ1) is 18.1. The molecule has 0 spiro atoms. The van der Waals surface area contributed by atoms with E-state index in [2.05, 4.69) is 52.9 Å². The Morgan fingerprint density at radius 1 is 1.38 bits per heavy atom. The number of hydrogen-bond donors (Lipinski definition) is 1. The topological polar surface area (TPSA) is 44.9 Å². The van der Waals surface area contributed by atoms with Crippen LogP contribution in [0.4, 0.5) is 5.69 Å². The fourth-order valence-corrected chi connectivity index (χ4v) is 2.34. The largest absolute Gasteiger partial charge is 0.370 e. The molecule has 1 saturated carbocycles. The highest BCUT2D eigenvalue weighted by atomic mass is 127. The van der Waals surface area contributed by atoms with Crippen LogP contribution in [-0.2, 0) is 0 Å². The zero-order valence-electron chi connectivity index (χ0n) is 13.2. The van der Waals surface area contributed by atoms with E-state index in [0.29, 0.717) is 12.0 Å². The third-order valence-electron chi connectivity index (χ3n) is 3.85. The van der Waals surface area contributed by atoms with E-state index in [1.807, 2.05) is 7.05 Å². The summed E-state index contributed by atoms with van der Waals surface area (Å²) in [6.45, 7) is 6.92. The molecule has 1 aromatic rings. The van der Waals surface area contributed by atoms with E-state index in [-0.39, 0.29) is 24.0 Å². The van der Waals surface area contributed by atoms with E-state index < -0.39 is 0 Å². The molecule has 118 valence electrons. The second kappa shape index (κ2) is 8.46. The van der Waals surface area contributed by atoms with Crippen LogP contribution in [0.15, 0.2) is 29.3 Å². The lowest BCUT2D eigenvalue weighted by atomic mass is 10.2. The molecule has 1 aliphatic rings. The Bertz CT molecular complexity index is 471. The van der Waals surface area contributed by atoms with Gasteiger partial charge in [0.15, 0.2) is 5.96 Å². The minimum Gasteiger partial charge on any atom is -0.370 e. The number of halogens is 1. The minimum absolute atomic E-state index is 0. The van der Waals surface area contributed by atoms with E-state index in [0.717, 1.165) is 19.6 Å². The van der Waals surface area contributed by atoms with E-state index >= 15 is 0 Å². The number of anilines is 1. The van der Waals surface area contributed by atoms with E-state index in [4.69, 9.17) is 5.73 Å². The molecule has 1 aliphatic carbocycles.